The van der Waals surface area contributed by atoms with Crippen LogP contribution in [0.15, 0.2) is 76.6 Å². The Morgan fingerprint density at radius 3 is 2.48 bits per heavy atom. The van der Waals surface area contributed by atoms with E-state index in [1.54, 1.807) is 0 Å². The van der Waals surface area contributed by atoms with Crippen LogP contribution in [0, 0.1) is 25.1 Å². The van der Waals surface area contributed by atoms with Crippen molar-refractivity contribution in [3.63, 3.8) is 0 Å². The zero-order chi connectivity index (χ0) is 23.6. The largest absolute Gasteiger partial charge is 0.305 e. The maximum atomic E-state index is 13.1. The third-order valence-corrected chi connectivity index (χ3v) is 7.23. The predicted octanol–water partition coefficient (Wildman–Crippen LogP) is 4.33. The van der Waals surface area contributed by atoms with Gasteiger partial charge in [-0.25, -0.2) is 12.8 Å². The van der Waals surface area contributed by atoms with Crippen LogP contribution in [0.1, 0.15) is 15.9 Å². The minimum atomic E-state index is -3.89. The molecule has 9 heteroatoms. The molecular weight excluding hydrogens is 461 g/mol. The number of nitrogens with one attached hydrogen (secondary N) is 1. The smallest absolute Gasteiger partial charge is 0.279 e. The molecule has 0 atom stereocenters. The molecule has 3 aromatic carbocycles. The monoisotopic (exact) mass is 479 g/mol. The summed E-state index contributed by atoms with van der Waals surface area (Å²) in [4.78, 5) is 17.4. The second kappa shape index (κ2) is 9.02. The Balaban J connectivity index is 1.60. The van der Waals surface area contributed by atoms with Gasteiger partial charge >= 0.3 is 0 Å². The summed E-state index contributed by atoms with van der Waals surface area (Å²) in [6.07, 6.45) is 5.50. The molecule has 0 unspecified atom stereocenters. The Morgan fingerprint density at radius 2 is 1.82 bits per heavy atom. The van der Waals surface area contributed by atoms with Crippen LogP contribution in [0.25, 0.3) is 10.2 Å². The quantitative estimate of drug-likeness (QED) is 0.433. The number of benzene rings is 3. The molecule has 0 aliphatic carbocycles. The average molecular weight is 480 g/mol. The first kappa shape index (κ1) is 22.5. The first-order valence-corrected chi connectivity index (χ1v) is 12.1. The Hall–Kier alpha value is -3.74. The number of terminal acetylenes is 1. The fourth-order valence-electron chi connectivity index (χ4n) is 3.17. The second-order valence-corrected chi connectivity index (χ2v) is 9.89. The Kier molecular flexibility index (Phi) is 6.14. The molecule has 1 heterocycles. The van der Waals surface area contributed by atoms with E-state index in [0.717, 1.165) is 27.9 Å². The van der Waals surface area contributed by atoms with E-state index in [1.807, 2.05) is 29.7 Å². The molecule has 4 aromatic rings. The summed E-state index contributed by atoms with van der Waals surface area (Å²) < 4.78 is 43.1. The zero-order valence-corrected chi connectivity index (χ0v) is 19.1. The maximum Gasteiger partial charge on any atom is 0.279 e. The fourth-order valence-corrected chi connectivity index (χ4v) is 5.35. The van der Waals surface area contributed by atoms with Crippen molar-refractivity contribution in [1.29, 1.82) is 0 Å². The van der Waals surface area contributed by atoms with Crippen LogP contribution >= 0.6 is 11.3 Å². The molecule has 0 saturated carbocycles. The number of sulfonamides is 1. The van der Waals surface area contributed by atoms with Crippen LogP contribution in [0.3, 0.4) is 0 Å². The third kappa shape index (κ3) is 4.87. The van der Waals surface area contributed by atoms with E-state index in [9.17, 15) is 17.6 Å². The maximum absolute atomic E-state index is 13.1. The lowest BCUT2D eigenvalue weighted by molar-refractivity contribution is 0.0998. The van der Waals surface area contributed by atoms with E-state index in [2.05, 4.69) is 15.6 Å². The number of aromatic nitrogens is 1. The number of thiazole rings is 1. The summed E-state index contributed by atoms with van der Waals surface area (Å²) in [6, 6.07) is 16.3. The van der Waals surface area contributed by atoms with Crippen LogP contribution in [0.4, 0.5) is 10.1 Å². The lowest BCUT2D eigenvalue weighted by Gasteiger charge is -2.08. The van der Waals surface area contributed by atoms with Crippen LogP contribution in [-0.2, 0) is 16.6 Å². The van der Waals surface area contributed by atoms with E-state index < -0.39 is 21.7 Å². The number of hydrogen-bond acceptors (Lipinski definition) is 4. The highest BCUT2D eigenvalue weighted by atomic mass is 32.2. The van der Waals surface area contributed by atoms with Gasteiger partial charge in [0.1, 0.15) is 5.82 Å². The van der Waals surface area contributed by atoms with Gasteiger partial charge in [-0.05, 0) is 73.2 Å². The van der Waals surface area contributed by atoms with Crippen LogP contribution in [0.2, 0.25) is 0 Å². The van der Waals surface area contributed by atoms with Crippen molar-refractivity contribution in [1.82, 2.24) is 4.57 Å². The molecule has 1 N–H and O–H groups in total. The van der Waals surface area contributed by atoms with Crippen molar-refractivity contribution in [2.24, 2.45) is 4.99 Å². The van der Waals surface area contributed by atoms with Gasteiger partial charge in [-0.3, -0.25) is 9.52 Å². The van der Waals surface area contributed by atoms with E-state index >= 15 is 0 Å². The third-order valence-electron chi connectivity index (χ3n) is 4.79. The van der Waals surface area contributed by atoms with Crippen LogP contribution < -0.4 is 9.52 Å². The number of nitrogens with zero attached hydrogens (tertiary/aromatic N) is 2. The fraction of sp³-hybridized carbons (Fsp3) is 0.0833. The van der Waals surface area contributed by atoms with Gasteiger partial charge in [0.25, 0.3) is 15.9 Å². The number of rotatable bonds is 5. The molecule has 166 valence electrons. The van der Waals surface area contributed by atoms with Gasteiger partial charge < -0.3 is 4.57 Å². The standard InChI is InChI=1S/C24H18FN3O3S2/c1-3-14-28-21-13-4-16(2)15-22(21)32-24(28)26-23(29)17-5-9-19(10-6-17)27-33(30,31)20-11-7-18(25)8-12-20/h1,4-13,15,27H,14H2,2H3. The number of halogens is 1. The first-order chi connectivity index (χ1) is 15.8. The number of carbonyl (C=O) groups excluding carboxylic acids is 1. The van der Waals surface area contributed by atoms with E-state index in [1.165, 1.54) is 47.7 Å². The van der Waals surface area contributed by atoms with Gasteiger partial charge in [-0.2, -0.15) is 4.99 Å². The minimum absolute atomic E-state index is 0.0721. The Morgan fingerprint density at radius 1 is 1.12 bits per heavy atom. The van der Waals surface area contributed by atoms with Gasteiger partial charge in [0.2, 0.25) is 0 Å². The highest BCUT2D eigenvalue weighted by Gasteiger charge is 2.15. The first-order valence-electron chi connectivity index (χ1n) is 9.78. The summed E-state index contributed by atoms with van der Waals surface area (Å²) >= 11 is 1.37. The van der Waals surface area contributed by atoms with Crippen LogP contribution in [0.5, 0.6) is 0 Å². The molecule has 6 nitrogen and oxygen atoms in total. The Labute approximate surface area is 194 Å². The van der Waals surface area contributed by atoms with Crippen molar-refractivity contribution in [3.8, 4) is 12.3 Å². The van der Waals surface area contributed by atoms with Crippen LogP contribution in [-0.4, -0.2) is 18.9 Å². The molecule has 0 aliphatic heterocycles. The Bertz CT molecular complexity index is 1560. The minimum Gasteiger partial charge on any atom is -0.305 e. The summed E-state index contributed by atoms with van der Waals surface area (Å²) in [7, 11) is -3.89. The number of aryl methyl sites for hydroxylation is 1. The number of fused-ring (bicyclic) bond motifs is 1. The van der Waals surface area contributed by atoms with Crippen molar-refractivity contribution < 1.29 is 17.6 Å². The lowest BCUT2D eigenvalue weighted by atomic mass is 10.2. The predicted molar refractivity (Wildman–Crippen MR) is 127 cm³/mol. The van der Waals surface area contributed by atoms with Crippen molar-refractivity contribution in [2.45, 2.75) is 18.4 Å². The highest BCUT2D eigenvalue weighted by Crippen LogP contribution is 2.20. The van der Waals surface area contributed by atoms with Gasteiger partial charge in [-0.15, -0.1) is 6.42 Å². The molecule has 0 saturated heterocycles. The molecular formula is C24H18FN3O3S2. The second-order valence-electron chi connectivity index (χ2n) is 7.20. The van der Waals surface area contributed by atoms with E-state index in [-0.39, 0.29) is 17.1 Å². The molecule has 4 rings (SSSR count). The summed E-state index contributed by atoms with van der Waals surface area (Å²) in [5, 5.41) is 0. The summed E-state index contributed by atoms with van der Waals surface area (Å²) in [5.41, 5.74) is 2.55. The van der Waals surface area contributed by atoms with Crippen molar-refractivity contribution in [3.05, 3.63) is 88.5 Å². The molecule has 0 radical (unpaired) electrons. The molecule has 1 aromatic heterocycles. The van der Waals surface area contributed by atoms with Gasteiger partial charge in [-0.1, -0.05) is 23.3 Å². The number of carbonyl (C=O) groups is 1. The SMILES string of the molecule is C#CCn1c(=NC(=O)c2ccc(NS(=O)(=O)c3ccc(F)cc3)cc2)sc2cc(C)ccc21. The molecule has 0 spiro atoms. The molecule has 1 amide bonds. The van der Waals surface area contributed by atoms with Crippen molar-refractivity contribution in [2.75, 3.05) is 4.72 Å². The number of anilines is 1. The normalized spacial score (nSPS) is 12.0. The molecule has 33 heavy (non-hydrogen) atoms. The summed E-state index contributed by atoms with van der Waals surface area (Å²) in [5.74, 6) is 1.58. The van der Waals surface area contributed by atoms with Gasteiger partial charge in [0.15, 0.2) is 4.80 Å². The molecule has 0 aliphatic rings. The number of hydrogen-bond donors (Lipinski definition) is 1. The zero-order valence-electron chi connectivity index (χ0n) is 17.4. The average Bonchev–Trinajstić information content (AvgIpc) is 3.10. The van der Waals surface area contributed by atoms with Gasteiger partial charge in [0.05, 0.1) is 21.7 Å². The highest BCUT2D eigenvalue weighted by molar-refractivity contribution is 7.92. The molecule has 0 fully saturated rings. The van der Waals surface area contributed by atoms with Gasteiger partial charge in [0, 0.05) is 11.3 Å². The van der Waals surface area contributed by atoms with E-state index in [4.69, 9.17) is 6.42 Å². The number of amides is 1. The topological polar surface area (TPSA) is 80.5 Å². The van der Waals surface area contributed by atoms with E-state index in [0.29, 0.717) is 10.4 Å². The lowest BCUT2D eigenvalue weighted by Crippen LogP contribution is -2.16. The molecule has 0 bridgehead atoms. The summed E-state index contributed by atoms with van der Waals surface area (Å²) in [6.45, 7) is 2.26. The van der Waals surface area contributed by atoms with Crippen molar-refractivity contribution >= 4 is 43.2 Å².